The van der Waals surface area contributed by atoms with Crippen LogP contribution in [-0.2, 0) is 6.54 Å². The van der Waals surface area contributed by atoms with Crippen LogP contribution in [0.4, 0.5) is 5.82 Å². The van der Waals surface area contributed by atoms with Crippen molar-refractivity contribution in [3.8, 4) is 11.3 Å². The zero-order valence-electron chi connectivity index (χ0n) is 14.0. The van der Waals surface area contributed by atoms with Crippen molar-refractivity contribution in [1.82, 2.24) is 15.0 Å². The zero-order chi connectivity index (χ0) is 17.2. The van der Waals surface area contributed by atoms with E-state index < -0.39 is 0 Å². The summed E-state index contributed by atoms with van der Waals surface area (Å²) in [5.41, 5.74) is 3.16. The highest BCUT2D eigenvalue weighted by Crippen LogP contribution is 2.36. The molecule has 0 radical (unpaired) electrons. The summed E-state index contributed by atoms with van der Waals surface area (Å²) in [6, 6.07) is 12.2. The normalized spacial score (nSPS) is 19.4. The third kappa shape index (κ3) is 3.70. The van der Waals surface area contributed by atoms with Crippen LogP contribution in [0.1, 0.15) is 35.3 Å². The van der Waals surface area contributed by atoms with Gasteiger partial charge < -0.3 is 10.4 Å². The van der Waals surface area contributed by atoms with Gasteiger partial charge in [-0.1, -0.05) is 30.3 Å². The number of rotatable bonds is 5. The van der Waals surface area contributed by atoms with Crippen LogP contribution in [0, 0.1) is 6.92 Å². The lowest BCUT2D eigenvalue weighted by molar-refractivity contribution is 0.0731. The van der Waals surface area contributed by atoms with Crippen molar-refractivity contribution in [1.29, 1.82) is 0 Å². The Balaban J connectivity index is 1.44. The van der Waals surface area contributed by atoms with Gasteiger partial charge >= 0.3 is 0 Å². The molecule has 0 amide bonds. The first-order valence-electron chi connectivity index (χ1n) is 8.45. The maximum absolute atomic E-state index is 9.50. The van der Waals surface area contributed by atoms with Crippen LogP contribution in [0.3, 0.4) is 0 Å². The molecule has 1 aliphatic carbocycles. The Morgan fingerprint density at radius 3 is 2.72 bits per heavy atom. The van der Waals surface area contributed by atoms with E-state index in [9.17, 15) is 5.11 Å². The summed E-state index contributed by atoms with van der Waals surface area (Å²) in [5.74, 6) is 1.92. The Labute approximate surface area is 150 Å². The number of nitrogens with one attached hydrogen (secondary N) is 1. The minimum absolute atomic E-state index is 0.177. The number of benzene rings is 1. The summed E-state index contributed by atoms with van der Waals surface area (Å²) in [7, 11) is 0. The molecule has 0 saturated heterocycles. The van der Waals surface area contributed by atoms with E-state index in [1.807, 2.05) is 31.2 Å². The van der Waals surface area contributed by atoms with Crippen LogP contribution < -0.4 is 5.32 Å². The Hall–Kier alpha value is -2.31. The molecule has 1 fully saturated rings. The molecule has 2 aromatic heterocycles. The van der Waals surface area contributed by atoms with Crippen LogP contribution in [0.25, 0.3) is 11.3 Å². The number of hydrogen-bond donors (Lipinski definition) is 2. The van der Waals surface area contributed by atoms with Crippen molar-refractivity contribution in [2.45, 2.75) is 38.3 Å². The van der Waals surface area contributed by atoms with Gasteiger partial charge in [0.05, 0.1) is 18.3 Å². The van der Waals surface area contributed by atoms with Gasteiger partial charge in [0.2, 0.25) is 0 Å². The molecule has 1 saturated carbocycles. The summed E-state index contributed by atoms with van der Waals surface area (Å²) < 4.78 is 0. The molecule has 1 aromatic carbocycles. The minimum Gasteiger partial charge on any atom is -0.393 e. The second kappa shape index (κ2) is 6.90. The third-order valence-corrected chi connectivity index (χ3v) is 5.28. The van der Waals surface area contributed by atoms with E-state index in [-0.39, 0.29) is 6.10 Å². The molecule has 4 rings (SSSR count). The minimum atomic E-state index is -0.177. The quantitative estimate of drug-likeness (QED) is 0.731. The van der Waals surface area contributed by atoms with Crippen molar-refractivity contribution in [2.75, 3.05) is 5.32 Å². The monoisotopic (exact) mass is 352 g/mol. The van der Waals surface area contributed by atoms with Gasteiger partial charge in [0, 0.05) is 28.6 Å². The molecule has 3 aromatic rings. The molecule has 1 aliphatic rings. The summed E-state index contributed by atoms with van der Waals surface area (Å²) >= 11 is 1.64. The van der Waals surface area contributed by atoms with Crippen molar-refractivity contribution >= 4 is 17.2 Å². The van der Waals surface area contributed by atoms with E-state index in [0.29, 0.717) is 12.5 Å². The number of hydrogen-bond acceptors (Lipinski definition) is 6. The lowest BCUT2D eigenvalue weighted by Crippen LogP contribution is -2.27. The molecule has 0 aliphatic heterocycles. The number of aryl methyl sites for hydroxylation is 1. The fourth-order valence-corrected chi connectivity index (χ4v) is 3.76. The summed E-state index contributed by atoms with van der Waals surface area (Å²) in [6.45, 7) is 2.54. The number of aromatic nitrogens is 3. The fourth-order valence-electron chi connectivity index (χ4n) is 3.02. The highest BCUT2D eigenvalue weighted by atomic mass is 32.1. The smallest absolute Gasteiger partial charge is 0.130 e. The molecule has 0 unspecified atom stereocenters. The second-order valence-corrected chi connectivity index (χ2v) is 7.34. The van der Waals surface area contributed by atoms with Gasteiger partial charge in [-0.2, -0.15) is 0 Å². The van der Waals surface area contributed by atoms with E-state index in [4.69, 9.17) is 4.98 Å². The topological polar surface area (TPSA) is 70.9 Å². The number of aliphatic hydroxyl groups is 1. The summed E-state index contributed by atoms with van der Waals surface area (Å²) in [4.78, 5) is 13.7. The van der Waals surface area contributed by atoms with Crippen LogP contribution in [0.15, 0.2) is 41.8 Å². The Morgan fingerprint density at radius 1 is 1.16 bits per heavy atom. The number of anilines is 1. The number of thiazole rings is 1. The van der Waals surface area contributed by atoms with Crippen molar-refractivity contribution in [2.24, 2.45) is 0 Å². The molecule has 128 valence electrons. The van der Waals surface area contributed by atoms with E-state index in [1.54, 1.807) is 11.3 Å². The van der Waals surface area contributed by atoms with Gasteiger partial charge in [-0.15, -0.1) is 11.3 Å². The Kier molecular flexibility index (Phi) is 4.46. The van der Waals surface area contributed by atoms with Crippen LogP contribution in [-0.4, -0.2) is 26.2 Å². The molecular formula is C19H20N4OS. The van der Waals surface area contributed by atoms with Gasteiger partial charge in [-0.05, 0) is 19.8 Å². The number of nitrogens with zero attached hydrogens (tertiary/aromatic N) is 3. The molecule has 2 N–H and O–H groups in total. The number of aliphatic hydroxyl groups excluding tert-OH is 1. The first-order valence-corrected chi connectivity index (χ1v) is 9.32. The lowest BCUT2D eigenvalue weighted by atomic mass is 9.80. The summed E-state index contributed by atoms with van der Waals surface area (Å²) in [6.07, 6.45) is 1.41. The van der Waals surface area contributed by atoms with Gasteiger partial charge in [-0.25, -0.2) is 15.0 Å². The highest BCUT2D eigenvalue weighted by Gasteiger charge is 2.30. The SMILES string of the molecule is Cc1nc(NCc2nc(-c3ccccc3)cs2)cc(C2CC(O)C2)n1. The van der Waals surface area contributed by atoms with Crippen molar-refractivity contribution in [3.63, 3.8) is 0 Å². The Morgan fingerprint density at radius 2 is 1.96 bits per heavy atom. The van der Waals surface area contributed by atoms with Crippen LogP contribution in [0.2, 0.25) is 0 Å². The first-order chi connectivity index (χ1) is 12.2. The second-order valence-electron chi connectivity index (χ2n) is 6.39. The lowest BCUT2D eigenvalue weighted by Gasteiger charge is -2.31. The van der Waals surface area contributed by atoms with E-state index in [1.165, 1.54) is 0 Å². The van der Waals surface area contributed by atoms with Gasteiger partial charge in [0.25, 0.3) is 0 Å². The predicted octanol–water partition coefficient (Wildman–Crippen LogP) is 3.76. The standard InChI is InChI=1S/C19H20N4OS/c1-12-21-16(14-7-15(24)8-14)9-18(22-12)20-10-19-23-17(11-25-19)13-5-3-2-4-6-13/h2-6,9,11,14-15,24H,7-8,10H2,1H3,(H,20,21,22). The largest absolute Gasteiger partial charge is 0.393 e. The highest BCUT2D eigenvalue weighted by molar-refractivity contribution is 7.09. The van der Waals surface area contributed by atoms with Crippen LogP contribution >= 0.6 is 11.3 Å². The predicted molar refractivity (Wildman–Crippen MR) is 99.6 cm³/mol. The molecular weight excluding hydrogens is 332 g/mol. The average Bonchev–Trinajstić information content (AvgIpc) is 3.06. The van der Waals surface area contributed by atoms with Crippen LogP contribution in [0.5, 0.6) is 0 Å². The van der Waals surface area contributed by atoms with Crippen molar-refractivity contribution < 1.29 is 5.11 Å². The third-order valence-electron chi connectivity index (χ3n) is 4.43. The molecule has 6 heteroatoms. The first kappa shape index (κ1) is 16.2. The molecule has 0 spiro atoms. The molecule has 25 heavy (non-hydrogen) atoms. The summed E-state index contributed by atoms with van der Waals surface area (Å²) in [5, 5.41) is 16.0. The maximum atomic E-state index is 9.50. The fraction of sp³-hybridized carbons (Fsp3) is 0.316. The van der Waals surface area contributed by atoms with Crippen molar-refractivity contribution in [3.05, 3.63) is 58.3 Å². The van der Waals surface area contributed by atoms with Gasteiger partial charge in [0.15, 0.2) is 0 Å². The van der Waals surface area contributed by atoms with E-state index >= 15 is 0 Å². The maximum Gasteiger partial charge on any atom is 0.130 e. The average molecular weight is 352 g/mol. The molecule has 5 nitrogen and oxygen atoms in total. The zero-order valence-corrected chi connectivity index (χ0v) is 14.8. The molecule has 2 heterocycles. The molecule has 0 bridgehead atoms. The van der Waals surface area contributed by atoms with Gasteiger partial charge in [-0.3, -0.25) is 0 Å². The molecule has 0 atom stereocenters. The Bertz CT molecular complexity index is 859. The van der Waals surface area contributed by atoms with Gasteiger partial charge in [0.1, 0.15) is 16.6 Å². The van der Waals surface area contributed by atoms with E-state index in [0.717, 1.165) is 46.4 Å². The van der Waals surface area contributed by atoms with E-state index in [2.05, 4.69) is 32.8 Å².